The van der Waals surface area contributed by atoms with Crippen molar-refractivity contribution in [2.75, 3.05) is 5.32 Å². The summed E-state index contributed by atoms with van der Waals surface area (Å²) in [6.07, 6.45) is 5.51. The molecule has 0 saturated heterocycles. The van der Waals surface area contributed by atoms with Crippen molar-refractivity contribution in [3.8, 4) is 11.3 Å². The average Bonchev–Trinajstić information content (AvgIpc) is 3.35. The van der Waals surface area contributed by atoms with Gasteiger partial charge in [0.25, 0.3) is 0 Å². The zero-order valence-electron chi connectivity index (χ0n) is 14.4. The van der Waals surface area contributed by atoms with E-state index in [0.717, 1.165) is 29.0 Å². The third-order valence-electron chi connectivity index (χ3n) is 5.34. The van der Waals surface area contributed by atoms with Crippen molar-refractivity contribution in [3.63, 3.8) is 0 Å². The van der Waals surface area contributed by atoms with E-state index in [9.17, 15) is 14.7 Å². The number of anilines is 1. The summed E-state index contributed by atoms with van der Waals surface area (Å²) in [6.45, 7) is 2.06. The Kier molecular flexibility index (Phi) is 4.36. The number of hydrogen-bond acceptors (Lipinski definition) is 4. The largest absolute Gasteiger partial charge is 0.481 e. The Morgan fingerprint density at radius 2 is 1.88 bits per heavy atom. The van der Waals surface area contributed by atoms with Crippen molar-refractivity contribution in [2.24, 2.45) is 23.7 Å². The number of aryl methyl sites for hydroxylation is 1. The van der Waals surface area contributed by atoms with Gasteiger partial charge in [0.15, 0.2) is 5.13 Å². The number of hydrogen-bond donors (Lipinski definition) is 2. The molecule has 1 saturated carbocycles. The summed E-state index contributed by atoms with van der Waals surface area (Å²) in [5, 5.41) is 13.0. The molecule has 26 heavy (non-hydrogen) atoms. The van der Waals surface area contributed by atoms with Crippen LogP contribution < -0.4 is 5.32 Å². The quantitative estimate of drug-likeness (QED) is 0.786. The first-order valence-electron chi connectivity index (χ1n) is 8.85. The fourth-order valence-corrected chi connectivity index (χ4v) is 5.10. The molecule has 1 aromatic heterocycles. The molecule has 0 spiro atoms. The maximum absolute atomic E-state index is 12.8. The summed E-state index contributed by atoms with van der Waals surface area (Å²) < 4.78 is 0. The van der Waals surface area contributed by atoms with Gasteiger partial charge in [-0.3, -0.25) is 9.59 Å². The molecule has 4 rings (SSSR count). The predicted molar refractivity (Wildman–Crippen MR) is 101 cm³/mol. The third kappa shape index (κ3) is 2.84. The third-order valence-corrected chi connectivity index (χ3v) is 6.46. The van der Waals surface area contributed by atoms with Gasteiger partial charge in [0.05, 0.1) is 17.5 Å². The van der Waals surface area contributed by atoms with Gasteiger partial charge in [0.2, 0.25) is 5.91 Å². The van der Waals surface area contributed by atoms with E-state index in [4.69, 9.17) is 0 Å². The van der Waals surface area contributed by atoms with Gasteiger partial charge in [0.1, 0.15) is 0 Å². The number of fused-ring (bicyclic) bond motifs is 2. The molecular formula is C20H20N2O3S. The van der Waals surface area contributed by atoms with Crippen LogP contribution in [0.1, 0.15) is 18.2 Å². The Bertz CT molecular complexity index is 874. The second kappa shape index (κ2) is 6.68. The number of nitrogens with one attached hydrogen (secondary N) is 1. The zero-order valence-corrected chi connectivity index (χ0v) is 15.2. The fourth-order valence-electron chi connectivity index (χ4n) is 4.17. The van der Waals surface area contributed by atoms with Crippen molar-refractivity contribution in [2.45, 2.75) is 19.8 Å². The smallest absolute Gasteiger partial charge is 0.307 e. The number of carbonyl (C=O) groups is 2. The van der Waals surface area contributed by atoms with Crippen molar-refractivity contribution in [1.82, 2.24) is 4.98 Å². The standard InChI is InChI=1S/C20H20N2O3S/c1-2-14-17(11-6-4-3-5-7-11)21-20(26-14)22-18(23)15-12-8-9-13(10-12)16(15)19(24)25/h3-9,12-13,15-16H,2,10H2,1H3,(H,24,25)(H,21,22,23)/t12-,13+,15+,16+/m1/s1. The van der Waals surface area contributed by atoms with Crippen LogP contribution in [-0.2, 0) is 16.0 Å². The molecule has 2 bridgehead atoms. The molecule has 2 aliphatic rings. The van der Waals surface area contributed by atoms with Gasteiger partial charge >= 0.3 is 5.97 Å². The van der Waals surface area contributed by atoms with E-state index in [1.807, 2.05) is 42.5 Å². The van der Waals surface area contributed by atoms with Gasteiger partial charge in [-0.1, -0.05) is 49.4 Å². The van der Waals surface area contributed by atoms with Crippen molar-refractivity contribution >= 4 is 28.3 Å². The minimum absolute atomic E-state index is 0.0142. The Morgan fingerprint density at radius 1 is 1.19 bits per heavy atom. The van der Waals surface area contributed by atoms with Crippen LogP contribution in [0.15, 0.2) is 42.5 Å². The lowest BCUT2D eigenvalue weighted by molar-refractivity contribution is -0.146. The maximum Gasteiger partial charge on any atom is 0.307 e. The van der Waals surface area contributed by atoms with Crippen molar-refractivity contribution in [3.05, 3.63) is 47.4 Å². The van der Waals surface area contributed by atoms with Gasteiger partial charge in [-0.25, -0.2) is 4.98 Å². The molecule has 1 heterocycles. The number of aliphatic carboxylic acids is 1. The number of aromatic nitrogens is 1. The summed E-state index contributed by atoms with van der Waals surface area (Å²) in [4.78, 5) is 30.2. The molecule has 1 fully saturated rings. The van der Waals surface area contributed by atoms with Crippen LogP contribution in [0.4, 0.5) is 5.13 Å². The highest BCUT2D eigenvalue weighted by Crippen LogP contribution is 2.48. The summed E-state index contributed by atoms with van der Waals surface area (Å²) in [7, 11) is 0. The molecule has 2 aliphatic carbocycles. The Hall–Kier alpha value is -2.47. The normalized spacial score (nSPS) is 26.2. The van der Waals surface area contributed by atoms with Crippen molar-refractivity contribution < 1.29 is 14.7 Å². The number of benzene rings is 1. The number of rotatable bonds is 5. The number of nitrogens with zero attached hydrogens (tertiary/aromatic N) is 1. The molecular weight excluding hydrogens is 348 g/mol. The average molecular weight is 368 g/mol. The molecule has 1 aromatic carbocycles. The number of thiazole rings is 1. The first-order chi connectivity index (χ1) is 12.6. The topological polar surface area (TPSA) is 79.3 Å². The van der Waals surface area contributed by atoms with E-state index in [0.29, 0.717) is 5.13 Å². The van der Waals surface area contributed by atoms with Gasteiger partial charge in [-0.05, 0) is 24.7 Å². The minimum atomic E-state index is -0.889. The van der Waals surface area contributed by atoms with Gasteiger partial charge < -0.3 is 10.4 Å². The molecule has 4 atom stereocenters. The summed E-state index contributed by atoms with van der Waals surface area (Å²) in [6, 6.07) is 9.89. The van der Waals surface area contributed by atoms with Crippen LogP contribution >= 0.6 is 11.3 Å². The van der Waals surface area contributed by atoms with E-state index in [-0.39, 0.29) is 17.7 Å². The van der Waals surface area contributed by atoms with E-state index < -0.39 is 17.8 Å². The maximum atomic E-state index is 12.8. The van der Waals surface area contributed by atoms with Crippen LogP contribution in [0.25, 0.3) is 11.3 Å². The fraction of sp³-hybridized carbons (Fsp3) is 0.350. The van der Waals surface area contributed by atoms with Crippen molar-refractivity contribution in [1.29, 1.82) is 0 Å². The molecule has 134 valence electrons. The number of amides is 1. The molecule has 0 radical (unpaired) electrons. The molecule has 6 heteroatoms. The van der Waals surface area contributed by atoms with Crippen LogP contribution in [0.2, 0.25) is 0 Å². The van der Waals surface area contributed by atoms with Gasteiger partial charge in [0, 0.05) is 10.4 Å². The highest BCUT2D eigenvalue weighted by atomic mass is 32.1. The number of carboxylic acid groups (broad SMARTS) is 1. The van der Waals surface area contributed by atoms with Gasteiger partial charge in [-0.2, -0.15) is 0 Å². The summed E-state index contributed by atoms with van der Waals surface area (Å²) >= 11 is 1.46. The summed E-state index contributed by atoms with van der Waals surface area (Å²) in [5.74, 6) is -2.29. The Balaban J connectivity index is 1.58. The summed E-state index contributed by atoms with van der Waals surface area (Å²) in [5.41, 5.74) is 1.91. The SMILES string of the molecule is CCc1sc(NC(=O)[C@@H]2[C@@H](C(=O)O)[C@H]3C=C[C@@H]2C3)nc1-c1ccccc1. The number of carboxylic acids is 1. The first kappa shape index (κ1) is 17.0. The van der Waals surface area contributed by atoms with E-state index in [1.54, 1.807) is 0 Å². The molecule has 0 aliphatic heterocycles. The molecule has 1 amide bonds. The van der Waals surface area contributed by atoms with E-state index in [1.165, 1.54) is 11.3 Å². The molecule has 0 unspecified atom stereocenters. The lowest BCUT2D eigenvalue weighted by Gasteiger charge is -2.23. The lowest BCUT2D eigenvalue weighted by atomic mass is 9.82. The van der Waals surface area contributed by atoms with Crippen LogP contribution in [0.3, 0.4) is 0 Å². The van der Waals surface area contributed by atoms with E-state index >= 15 is 0 Å². The first-order valence-corrected chi connectivity index (χ1v) is 9.67. The van der Waals surface area contributed by atoms with Crippen LogP contribution in [-0.4, -0.2) is 22.0 Å². The van der Waals surface area contributed by atoms with E-state index in [2.05, 4.69) is 17.2 Å². The number of carbonyl (C=O) groups excluding carboxylic acids is 1. The van der Waals surface area contributed by atoms with Crippen LogP contribution in [0.5, 0.6) is 0 Å². The predicted octanol–water partition coefficient (Wildman–Crippen LogP) is 3.83. The number of allylic oxidation sites excluding steroid dienone is 2. The van der Waals surface area contributed by atoms with Gasteiger partial charge in [-0.15, -0.1) is 11.3 Å². The lowest BCUT2D eigenvalue weighted by Crippen LogP contribution is -2.36. The second-order valence-corrected chi connectivity index (χ2v) is 7.92. The zero-order chi connectivity index (χ0) is 18.3. The molecule has 2 N–H and O–H groups in total. The van der Waals surface area contributed by atoms with Crippen LogP contribution in [0, 0.1) is 23.7 Å². The highest BCUT2D eigenvalue weighted by molar-refractivity contribution is 7.16. The molecule has 2 aromatic rings. The second-order valence-electron chi connectivity index (χ2n) is 6.84. The highest BCUT2D eigenvalue weighted by Gasteiger charge is 2.51. The Labute approximate surface area is 155 Å². The monoisotopic (exact) mass is 368 g/mol. The molecule has 5 nitrogen and oxygen atoms in total. The minimum Gasteiger partial charge on any atom is -0.481 e. The Morgan fingerprint density at radius 3 is 2.54 bits per heavy atom.